The van der Waals surface area contributed by atoms with Gasteiger partial charge in [0, 0.05) is 16.3 Å². The molecule has 0 aliphatic heterocycles. The number of para-hydroxylation sites is 1. The third-order valence-corrected chi connectivity index (χ3v) is 5.88. The Bertz CT molecular complexity index is 1200. The molecule has 6 heteroatoms. The highest BCUT2D eigenvalue weighted by atomic mass is 35.5. The van der Waals surface area contributed by atoms with E-state index in [0.717, 1.165) is 21.3 Å². The predicted octanol–water partition coefficient (Wildman–Crippen LogP) is 6.53. The zero-order valence-corrected chi connectivity index (χ0v) is 17.0. The molecule has 4 nitrogen and oxygen atoms in total. The smallest absolute Gasteiger partial charge is 0.355 e. The number of carbonyl (C=O) groups excluding carboxylic acids is 1. The van der Waals surface area contributed by atoms with E-state index in [1.807, 2.05) is 60.7 Å². The zero-order chi connectivity index (χ0) is 20.2. The van der Waals surface area contributed by atoms with Crippen LogP contribution in [0, 0.1) is 0 Å². The zero-order valence-electron chi connectivity index (χ0n) is 15.5. The molecule has 1 heterocycles. The van der Waals surface area contributed by atoms with E-state index in [1.165, 1.54) is 18.4 Å². The fourth-order valence-electron chi connectivity index (χ4n) is 2.80. The molecule has 144 valence electrons. The summed E-state index contributed by atoms with van der Waals surface area (Å²) in [5.41, 5.74) is 1.67. The molecular weight excluding hydrogens is 406 g/mol. The van der Waals surface area contributed by atoms with E-state index in [1.54, 1.807) is 18.3 Å². The van der Waals surface area contributed by atoms with Gasteiger partial charge in [0.25, 0.3) is 0 Å². The van der Waals surface area contributed by atoms with Crippen molar-refractivity contribution in [1.29, 1.82) is 0 Å². The van der Waals surface area contributed by atoms with Crippen molar-refractivity contribution in [1.82, 2.24) is 0 Å². The molecule has 3 aromatic carbocycles. The Morgan fingerprint density at radius 3 is 2.52 bits per heavy atom. The Hall–Kier alpha value is -3.15. The molecule has 0 spiro atoms. The lowest BCUT2D eigenvalue weighted by Gasteiger charge is -2.09. The first-order valence-electron chi connectivity index (χ1n) is 8.82. The van der Waals surface area contributed by atoms with Gasteiger partial charge < -0.3 is 9.47 Å². The minimum absolute atomic E-state index is 0.322. The molecule has 1 aromatic heterocycles. The van der Waals surface area contributed by atoms with Crippen molar-refractivity contribution in [2.24, 2.45) is 4.99 Å². The first-order valence-corrected chi connectivity index (χ1v) is 10.0. The minimum Gasteiger partial charge on any atom is -0.493 e. The van der Waals surface area contributed by atoms with Gasteiger partial charge in [-0.15, -0.1) is 11.3 Å². The van der Waals surface area contributed by atoms with Gasteiger partial charge >= 0.3 is 5.97 Å². The Kier molecular flexibility index (Phi) is 5.60. The van der Waals surface area contributed by atoms with Crippen molar-refractivity contribution in [2.45, 2.75) is 0 Å². The number of carbonyl (C=O) groups is 1. The number of fused-ring (bicyclic) bond motifs is 1. The molecule has 0 N–H and O–H groups in total. The van der Waals surface area contributed by atoms with Crippen molar-refractivity contribution in [2.75, 3.05) is 7.11 Å². The summed E-state index contributed by atoms with van der Waals surface area (Å²) in [6.45, 7) is 0. The largest absolute Gasteiger partial charge is 0.493 e. The number of rotatable bonds is 5. The summed E-state index contributed by atoms with van der Waals surface area (Å²) >= 11 is 7.68. The second kappa shape index (κ2) is 8.47. The summed E-state index contributed by atoms with van der Waals surface area (Å²) in [6.07, 6.45) is 1.73. The highest BCUT2D eigenvalue weighted by Gasteiger charge is 2.20. The van der Waals surface area contributed by atoms with Crippen LogP contribution in [0.5, 0.6) is 11.5 Å². The minimum atomic E-state index is -0.514. The maximum Gasteiger partial charge on any atom is 0.355 e. The number of benzene rings is 3. The number of halogens is 1. The third kappa shape index (κ3) is 4.16. The van der Waals surface area contributed by atoms with Gasteiger partial charge in [-0.25, -0.2) is 4.79 Å². The van der Waals surface area contributed by atoms with Gasteiger partial charge in [-0.05, 0) is 42.0 Å². The van der Waals surface area contributed by atoms with E-state index in [2.05, 4.69) is 4.99 Å². The number of ether oxygens (including phenoxy) is 2. The Labute approximate surface area is 177 Å². The summed E-state index contributed by atoms with van der Waals surface area (Å²) in [6, 6.07) is 22.5. The second-order valence-electron chi connectivity index (χ2n) is 6.13. The van der Waals surface area contributed by atoms with E-state index in [-0.39, 0.29) is 0 Å². The van der Waals surface area contributed by atoms with E-state index in [9.17, 15) is 4.79 Å². The van der Waals surface area contributed by atoms with Crippen molar-refractivity contribution >= 4 is 50.9 Å². The van der Waals surface area contributed by atoms with Crippen LogP contribution >= 0.6 is 22.9 Å². The fourth-order valence-corrected chi connectivity index (χ4v) is 4.19. The van der Waals surface area contributed by atoms with E-state index >= 15 is 0 Å². The van der Waals surface area contributed by atoms with Crippen LogP contribution < -0.4 is 9.47 Å². The molecule has 0 atom stereocenters. The van der Waals surface area contributed by atoms with Gasteiger partial charge in [0.05, 0.1) is 17.8 Å². The lowest BCUT2D eigenvalue weighted by molar-refractivity contribution is 0.0735. The van der Waals surface area contributed by atoms with Crippen LogP contribution in [0.1, 0.15) is 15.2 Å². The van der Waals surface area contributed by atoms with Gasteiger partial charge in [-0.2, -0.15) is 0 Å². The molecule has 4 rings (SSSR count). The van der Waals surface area contributed by atoms with Gasteiger partial charge in [0.2, 0.25) is 0 Å². The maximum atomic E-state index is 12.7. The summed E-state index contributed by atoms with van der Waals surface area (Å²) in [7, 11) is 1.53. The van der Waals surface area contributed by atoms with E-state index in [0.29, 0.717) is 21.4 Å². The predicted molar refractivity (Wildman–Crippen MR) is 118 cm³/mol. The van der Waals surface area contributed by atoms with Gasteiger partial charge in [-0.3, -0.25) is 4.99 Å². The van der Waals surface area contributed by atoms with Crippen LogP contribution in [0.15, 0.2) is 77.8 Å². The molecule has 29 heavy (non-hydrogen) atoms. The monoisotopic (exact) mass is 421 g/mol. The van der Waals surface area contributed by atoms with Crippen molar-refractivity contribution in [3.8, 4) is 11.5 Å². The van der Waals surface area contributed by atoms with Gasteiger partial charge in [0.15, 0.2) is 11.5 Å². The first-order chi connectivity index (χ1) is 14.2. The summed E-state index contributed by atoms with van der Waals surface area (Å²) < 4.78 is 11.9. The molecule has 0 fully saturated rings. The Balaban J connectivity index is 1.57. The molecule has 0 radical (unpaired) electrons. The number of nitrogens with zero attached hydrogens (tertiary/aromatic N) is 1. The Morgan fingerprint density at radius 1 is 1.00 bits per heavy atom. The molecule has 0 bridgehead atoms. The summed E-state index contributed by atoms with van der Waals surface area (Å²) in [5.74, 6) is 0.246. The summed E-state index contributed by atoms with van der Waals surface area (Å²) in [5, 5.41) is 1.24. The van der Waals surface area contributed by atoms with Crippen LogP contribution in [0.25, 0.3) is 10.1 Å². The first kappa shape index (κ1) is 19.2. The van der Waals surface area contributed by atoms with Crippen LogP contribution in [0.2, 0.25) is 5.02 Å². The topological polar surface area (TPSA) is 47.9 Å². The lowest BCUT2D eigenvalue weighted by atomic mass is 10.2. The van der Waals surface area contributed by atoms with Crippen LogP contribution in [-0.4, -0.2) is 19.3 Å². The normalized spacial score (nSPS) is 11.1. The summed E-state index contributed by atoms with van der Waals surface area (Å²) in [4.78, 5) is 17.5. The number of hydrogen-bond donors (Lipinski definition) is 0. The van der Waals surface area contributed by atoms with E-state index < -0.39 is 5.97 Å². The second-order valence-corrected chi connectivity index (χ2v) is 7.57. The molecule has 0 saturated heterocycles. The Morgan fingerprint density at radius 2 is 1.76 bits per heavy atom. The van der Waals surface area contributed by atoms with Gasteiger partial charge in [-0.1, -0.05) is 48.0 Å². The molecule has 0 unspecified atom stereocenters. The van der Waals surface area contributed by atoms with Crippen molar-refractivity contribution < 1.29 is 14.3 Å². The highest BCUT2D eigenvalue weighted by molar-refractivity contribution is 7.21. The van der Waals surface area contributed by atoms with Crippen molar-refractivity contribution in [3.63, 3.8) is 0 Å². The average Bonchev–Trinajstić information content (AvgIpc) is 3.10. The van der Waals surface area contributed by atoms with Gasteiger partial charge in [0.1, 0.15) is 4.88 Å². The average molecular weight is 422 g/mol. The lowest BCUT2D eigenvalue weighted by Crippen LogP contribution is -2.08. The van der Waals surface area contributed by atoms with Crippen LogP contribution in [0.3, 0.4) is 0 Å². The number of hydrogen-bond acceptors (Lipinski definition) is 5. The SMILES string of the molecule is COc1cc(C=Nc2ccccc2)ccc1OC(=O)c1sc2ccccc2c1Cl. The van der Waals surface area contributed by atoms with Crippen LogP contribution in [-0.2, 0) is 0 Å². The number of esters is 1. The fraction of sp³-hybridized carbons (Fsp3) is 0.0435. The molecule has 4 aromatic rings. The van der Waals surface area contributed by atoms with Crippen molar-refractivity contribution in [3.05, 3.63) is 88.3 Å². The molecule has 0 aliphatic rings. The standard InChI is InChI=1S/C23H16ClNO3S/c1-27-19-13-15(14-25-16-7-3-2-4-8-16)11-12-18(19)28-23(26)22-21(24)17-9-5-6-10-20(17)29-22/h2-14H,1H3. The number of thiophene rings is 1. The molecule has 0 aliphatic carbocycles. The maximum absolute atomic E-state index is 12.7. The number of aliphatic imine (C=N–C) groups is 1. The van der Waals surface area contributed by atoms with E-state index in [4.69, 9.17) is 21.1 Å². The molecule has 0 amide bonds. The quantitative estimate of drug-likeness (QED) is 0.209. The number of methoxy groups -OCH3 is 1. The molecular formula is C23H16ClNO3S. The third-order valence-electron chi connectivity index (χ3n) is 4.23. The highest BCUT2D eigenvalue weighted by Crippen LogP contribution is 2.37. The molecule has 0 saturated carbocycles. The van der Waals surface area contributed by atoms with Crippen LogP contribution in [0.4, 0.5) is 5.69 Å².